The molecule has 0 unspecified atom stereocenters. The summed E-state index contributed by atoms with van der Waals surface area (Å²) < 4.78 is 43.9. The second-order valence-electron chi connectivity index (χ2n) is 5.89. The highest BCUT2D eigenvalue weighted by Crippen LogP contribution is 2.24. The van der Waals surface area contributed by atoms with E-state index in [1.54, 1.807) is 18.2 Å². The zero-order valence-electron chi connectivity index (χ0n) is 15.5. The lowest BCUT2D eigenvalue weighted by atomic mass is 10.2. The van der Waals surface area contributed by atoms with Gasteiger partial charge in [-0.1, -0.05) is 0 Å². The maximum atomic E-state index is 12.9. The fourth-order valence-corrected chi connectivity index (χ4v) is 3.61. The van der Waals surface area contributed by atoms with Gasteiger partial charge in [0.25, 0.3) is 0 Å². The van der Waals surface area contributed by atoms with Gasteiger partial charge in [-0.2, -0.15) is 0 Å². The van der Waals surface area contributed by atoms with Crippen molar-refractivity contribution < 1.29 is 22.3 Å². The van der Waals surface area contributed by atoms with Crippen LogP contribution in [0.15, 0.2) is 47.4 Å². The third-order valence-corrected chi connectivity index (χ3v) is 5.78. The number of carbonyl (C=O) groups excluding carboxylic acids is 1. The minimum atomic E-state index is -3.72. The summed E-state index contributed by atoms with van der Waals surface area (Å²) in [4.78, 5) is 12.0. The number of nitrogens with two attached hydrogens (primary N) is 1. The summed E-state index contributed by atoms with van der Waals surface area (Å²) in [6, 6.07) is 9.50. The van der Waals surface area contributed by atoms with E-state index in [4.69, 9.17) is 10.5 Å². The van der Waals surface area contributed by atoms with Crippen molar-refractivity contribution in [3.8, 4) is 5.75 Å². The van der Waals surface area contributed by atoms with Gasteiger partial charge in [0.1, 0.15) is 11.6 Å². The molecule has 2 rings (SSSR count). The minimum absolute atomic E-state index is 0. The number of nitrogens with one attached hydrogen (secondary N) is 1. The van der Waals surface area contributed by atoms with E-state index in [-0.39, 0.29) is 36.2 Å². The van der Waals surface area contributed by atoms with Crippen molar-refractivity contribution in [2.75, 3.05) is 31.8 Å². The highest BCUT2D eigenvalue weighted by Gasteiger charge is 2.20. The van der Waals surface area contributed by atoms with Gasteiger partial charge in [0.2, 0.25) is 15.9 Å². The Hall–Kier alpha value is -2.36. The summed E-state index contributed by atoms with van der Waals surface area (Å²) in [6.45, 7) is 0.151. The monoisotopic (exact) mass is 431 g/mol. The second kappa shape index (κ2) is 10.3. The summed E-state index contributed by atoms with van der Waals surface area (Å²) in [5.74, 6) is -0.250. The normalized spacial score (nSPS) is 11.0. The van der Waals surface area contributed by atoms with Gasteiger partial charge >= 0.3 is 0 Å². The number of carbonyl (C=O) groups is 1. The number of sulfonamides is 1. The van der Waals surface area contributed by atoms with Crippen molar-refractivity contribution in [1.82, 2.24) is 4.31 Å². The van der Waals surface area contributed by atoms with E-state index in [9.17, 15) is 17.6 Å². The molecule has 28 heavy (non-hydrogen) atoms. The van der Waals surface area contributed by atoms with E-state index in [0.29, 0.717) is 23.5 Å². The van der Waals surface area contributed by atoms with E-state index < -0.39 is 15.8 Å². The lowest BCUT2D eigenvalue weighted by molar-refractivity contribution is -0.116. The van der Waals surface area contributed by atoms with Crippen LogP contribution in [0.4, 0.5) is 15.8 Å². The molecule has 0 aliphatic rings. The van der Waals surface area contributed by atoms with Gasteiger partial charge in [0.15, 0.2) is 0 Å². The molecule has 2 aromatic rings. The number of anilines is 2. The third kappa shape index (κ3) is 6.08. The maximum absolute atomic E-state index is 12.9. The molecule has 1 amide bonds. The van der Waals surface area contributed by atoms with Crippen LogP contribution in [0.3, 0.4) is 0 Å². The molecular formula is C18H23ClFN3O4S. The molecule has 0 bridgehead atoms. The molecule has 0 spiro atoms. The van der Waals surface area contributed by atoms with Crippen LogP contribution in [-0.4, -0.2) is 39.3 Å². The average Bonchev–Trinajstić information content (AvgIpc) is 2.62. The molecular weight excluding hydrogens is 409 g/mol. The predicted molar refractivity (Wildman–Crippen MR) is 109 cm³/mol. The van der Waals surface area contributed by atoms with Crippen molar-refractivity contribution >= 4 is 39.7 Å². The zero-order valence-corrected chi connectivity index (χ0v) is 17.1. The van der Waals surface area contributed by atoms with E-state index >= 15 is 0 Å². The number of nitrogen functional groups attached to an aromatic ring is 1. The molecule has 2 aromatic carbocycles. The van der Waals surface area contributed by atoms with Crippen molar-refractivity contribution in [2.45, 2.75) is 17.7 Å². The Morgan fingerprint density at radius 2 is 1.86 bits per heavy atom. The topological polar surface area (TPSA) is 102 Å². The van der Waals surface area contributed by atoms with Gasteiger partial charge in [-0.15, -0.1) is 12.4 Å². The first kappa shape index (κ1) is 23.7. The lowest BCUT2D eigenvalue weighted by Gasteiger charge is -2.17. The van der Waals surface area contributed by atoms with Crippen LogP contribution < -0.4 is 15.8 Å². The molecule has 7 nitrogen and oxygen atoms in total. The number of rotatable bonds is 8. The van der Waals surface area contributed by atoms with Crippen LogP contribution in [0.1, 0.15) is 12.8 Å². The molecule has 10 heteroatoms. The molecule has 3 N–H and O–H groups in total. The van der Waals surface area contributed by atoms with E-state index in [0.717, 1.165) is 16.4 Å². The summed E-state index contributed by atoms with van der Waals surface area (Å²) in [7, 11) is -0.803. The SMILES string of the molecule is COc1ccc(NC(=O)CCCN(C)S(=O)(=O)c2ccc(F)cc2)cc1N.Cl. The van der Waals surface area contributed by atoms with Crippen molar-refractivity contribution in [3.63, 3.8) is 0 Å². The van der Waals surface area contributed by atoms with E-state index in [1.807, 2.05) is 0 Å². The van der Waals surface area contributed by atoms with Crippen LogP contribution in [0, 0.1) is 5.82 Å². The van der Waals surface area contributed by atoms with Gasteiger partial charge in [-0.25, -0.2) is 17.1 Å². The molecule has 0 atom stereocenters. The van der Waals surface area contributed by atoms with Crippen LogP contribution >= 0.6 is 12.4 Å². The highest BCUT2D eigenvalue weighted by molar-refractivity contribution is 7.89. The van der Waals surface area contributed by atoms with Crippen molar-refractivity contribution in [2.24, 2.45) is 0 Å². The lowest BCUT2D eigenvalue weighted by Crippen LogP contribution is -2.28. The summed E-state index contributed by atoms with van der Waals surface area (Å²) in [5, 5.41) is 2.70. The predicted octanol–water partition coefficient (Wildman–Crippen LogP) is 2.88. The second-order valence-corrected chi connectivity index (χ2v) is 7.93. The first-order valence-electron chi connectivity index (χ1n) is 8.19. The Morgan fingerprint density at radius 3 is 2.43 bits per heavy atom. The first-order valence-corrected chi connectivity index (χ1v) is 9.63. The maximum Gasteiger partial charge on any atom is 0.242 e. The Morgan fingerprint density at radius 1 is 1.21 bits per heavy atom. The Bertz CT molecular complexity index is 908. The van der Waals surface area contributed by atoms with Crippen molar-refractivity contribution in [1.29, 1.82) is 0 Å². The van der Waals surface area contributed by atoms with E-state index in [2.05, 4.69) is 5.32 Å². The third-order valence-electron chi connectivity index (χ3n) is 3.91. The Kier molecular flexibility index (Phi) is 8.67. The number of nitrogens with zero attached hydrogens (tertiary/aromatic N) is 1. The summed E-state index contributed by atoms with van der Waals surface area (Å²) in [6.07, 6.45) is 0.462. The molecule has 0 fully saturated rings. The molecule has 0 saturated carbocycles. The number of hydrogen-bond donors (Lipinski definition) is 2. The standard InChI is InChI=1S/C18H22FN3O4S.ClH/c1-22(27(24,25)15-8-5-13(19)6-9-15)11-3-4-18(23)21-14-7-10-17(26-2)16(20)12-14;/h5-10,12H,3-4,11,20H2,1-2H3,(H,21,23);1H. The van der Waals surface area contributed by atoms with Crippen LogP contribution in [0.2, 0.25) is 0 Å². The highest BCUT2D eigenvalue weighted by atomic mass is 35.5. The minimum Gasteiger partial charge on any atom is -0.495 e. The quantitative estimate of drug-likeness (QED) is 0.626. The van der Waals surface area contributed by atoms with E-state index in [1.165, 1.54) is 26.3 Å². The number of benzene rings is 2. The largest absolute Gasteiger partial charge is 0.495 e. The van der Waals surface area contributed by atoms with Gasteiger partial charge in [0.05, 0.1) is 17.7 Å². The number of ether oxygens (including phenoxy) is 1. The van der Waals surface area contributed by atoms with Gasteiger partial charge in [0, 0.05) is 25.7 Å². The van der Waals surface area contributed by atoms with Gasteiger partial charge in [-0.3, -0.25) is 4.79 Å². The van der Waals surface area contributed by atoms with Crippen LogP contribution in [0.5, 0.6) is 5.75 Å². The molecule has 0 radical (unpaired) electrons. The zero-order chi connectivity index (χ0) is 20.0. The first-order chi connectivity index (χ1) is 12.7. The molecule has 0 aliphatic heterocycles. The molecule has 0 aromatic heterocycles. The fraction of sp³-hybridized carbons (Fsp3) is 0.278. The summed E-state index contributed by atoms with van der Waals surface area (Å²) in [5.41, 5.74) is 6.72. The molecule has 0 heterocycles. The van der Waals surface area contributed by atoms with Gasteiger partial charge < -0.3 is 15.8 Å². The Balaban J connectivity index is 0.00000392. The smallest absolute Gasteiger partial charge is 0.242 e. The number of halogens is 2. The Labute approximate surface area is 170 Å². The number of methoxy groups -OCH3 is 1. The van der Waals surface area contributed by atoms with Gasteiger partial charge in [-0.05, 0) is 48.9 Å². The fourth-order valence-electron chi connectivity index (χ4n) is 2.40. The molecule has 154 valence electrons. The average molecular weight is 432 g/mol. The van der Waals surface area contributed by atoms with Crippen LogP contribution in [-0.2, 0) is 14.8 Å². The number of hydrogen-bond acceptors (Lipinski definition) is 5. The van der Waals surface area contributed by atoms with Crippen LogP contribution in [0.25, 0.3) is 0 Å². The molecule has 0 aliphatic carbocycles. The number of amides is 1. The van der Waals surface area contributed by atoms with Crippen molar-refractivity contribution in [3.05, 3.63) is 48.3 Å². The molecule has 0 saturated heterocycles. The summed E-state index contributed by atoms with van der Waals surface area (Å²) >= 11 is 0.